The van der Waals surface area contributed by atoms with Gasteiger partial charge in [-0.25, -0.2) is 0 Å². The highest BCUT2D eigenvalue weighted by atomic mass is 16.5. The second kappa shape index (κ2) is 6.40. The van der Waals surface area contributed by atoms with E-state index in [2.05, 4.69) is 6.58 Å². The minimum atomic E-state index is -0.352. The summed E-state index contributed by atoms with van der Waals surface area (Å²) in [5.41, 5.74) is 0. The maximum absolute atomic E-state index is 11.2. The molecule has 0 saturated carbocycles. The number of Topliss-reactive ketones (excluding diaryl/α,β-unsaturated/α-hetero) is 1. The Labute approximate surface area is 78.8 Å². The number of hydrogen-bond donors (Lipinski definition) is 0. The van der Waals surface area contributed by atoms with Gasteiger partial charge in [-0.2, -0.15) is 0 Å². The minimum absolute atomic E-state index is 0.0000898. The minimum Gasteiger partial charge on any atom is -0.466 e. The van der Waals surface area contributed by atoms with Crippen molar-refractivity contribution in [1.82, 2.24) is 0 Å². The summed E-state index contributed by atoms with van der Waals surface area (Å²) in [6.07, 6.45) is 2.37. The Morgan fingerprint density at radius 3 is 2.54 bits per heavy atom. The van der Waals surface area contributed by atoms with Gasteiger partial charge in [-0.05, 0) is 20.3 Å². The second-order valence-electron chi connectivity index (χ2n) is 2.88. The third-order valence-electron chi connectivity index (χ3n) is 1.60. The van der Waals surface area contributed by atoms with Gasteiger partial charge in [-0.15, -0.1) is 6.58 Å². The normalized spacial score (nSPS) is 11.8. The van der Waals surface area contributed by atoms with Gasteiger partial charge in [0.1, 0.15) is 5.78 Å². The molecule has 0 aliphatic carbocycles. The molecule has 0 radical (unpaired) electrons. The lowest BCUT2D eigenvalue weighted by atomic mass is 9.99. The molecule has 0 amide bonds. The van der Waals surface area contributed by atoms with E-state index in [0.717, 1.165) is 0 Å². The lowest BCUT2D eigenvalue weighted by molar-refractivity contribution is -0.149. The number of carbonyl (C=O) groups excluding carboxylic acids is 2. The summed E-state index contributed by atoms with van der Waals surface area (Å²) in [6, 6.07) is 0. The van der Waals surface area contributed by atoms with E-state index in [1.807, 2.05) is 0 Å². The molecule has 0 rings (SSSR count). The van der Waals surface area contributed by atoms with E-state index in [0.29, 0.717) is 13.0 Å². The number of carbonyl (C=O) groups is 2. The summed E-state index contributed by atoms with van der Waals surface area (Å²) in [5, 5.41) is 0. The monoisotopic (exact) mass is 184 g/mol. The van der Waals surface area contributed by atoms with Crippen LogP contribution in [0, 0.1) is 5.92 Å². The SMILES string of the molecule is C=CCC(CC(C)=O)C(=O)OCC. The molecular formula is C10H16O3. The zero-order valence-electron chi connectivity index (χ0n) is 8.21. The third-order valence-corrected chi connectivity index (χ3v) is 1.60. The van der Waals surface area contributed by atoms with Gasteiger partial charge < -0.3 is 9.53 Å². The highest BCUT2D eigenvalue weighted by Crippen LogP contribution is 2.11. The number of allylic oxidation sites excluding steroid dienone is 1. The van der Waals surface area contributed by atoms with Gasteiger partial charge in [0, 0.05) is 6.42 Å². The van der Waals surface area contributed by atoms with Crippen molar-refractivity contribution in [1.29, 1.82) is 0 Å². The molecule has 0 N–H and O–H groups in total. The van der Waals surface area contributed by atoms with E-state index in [-0.39, 0.29) is 24.1 Å². The molecule has 0 heterocycles. The molecule has 0 saturated heterocycles. The fourth-order valence-corrected chi connectivity index (χ4v) is 1.07. The van der Waals surface area contributed by atoms with Crippen molar-refractivity contribution < 1.29 is 14.3 Å². The van der Waals surface area contributed by atoms with Crippen LogP contribution in [0.4, 0.5) is 0 Å². The van der Waals surface area contributed by atoms with E-state index in [1.165, 1.54) is 6.92 Å². The summed E-state index contributed by atoms with van der Waals surface area (Å²) in [7, 11) is 0. The molecule has 0 aliphatic rings. The molecular weight excluding hydrogens is 168 g/mol. The van der Waals surface area contributed by atoms with Crippen molar-refractivity contribution in [2.45, 2.75) is 26.7 Å². The van der Waals surface area contributed by atoms with Gasteiger partial charge in [0.15, 0.2) is 0 Å². The van der Waals surface area contributed by atoms with Crippen LogP contribution in [0.1, 0.15) is 26.7 Å². The van der Waals surface area contributed by atoms with Gasteiger partial charge >= 0.3 is 5.97 Å². The van der Waals surface area contributed by atoms with Crippen LogP contribution >= 0.6 is 0 Å². The number of esters is 1. The van der Waals surface area contributed by atoms with Crippen molar-refractivity contribution >= 4 is 11.8 Å². The first kappa shape index (κ1) is 11.9. The maximum atomic E-state index is 11.2. The van der Waals surface area contributed by atoms with E-state index in [9.17, 15) is 9.59 Å². The molecule has 0 aromatic heterocycles. The largest absolute Gasteiger partial charge is 0.466 e. The number of ether oxygens (including phenoxy) is 1. The molecule has 1 atom stereocenters. The first-order valence-corrected chi connectivity index (χ1v) is 4.38. The quantitative estimate of drug-likeness (QED) is 0.466. The Balaban J connectivity index is 4.13. The number of hydrogen-bond acceptors (Lipinski definition) is 3. The van der Waals surface area contributed by atoms with Crippen LogP contribution in [0.2, 0.25) is 0 Å². The lowest BCUT2D eigenvalue weighted by Crippen LogP contribution is -2.19. The molecule has 3 nitrogen and oxygen atoms in total. The van der Waals surface area contributed by atoms with Crippen molar-refractivity contribution in [3.8, 4) is 0 Å². The Hall–Kier alpha value is -1.12. The first-order chi connectivity index (χ1) is 6.11. The fourth-order valence-electron chi connectivity index (χ4n) is 1.07. The summed E-state index contributed by atoms with van der Waals surface area (Å²) < 4.78 is 4.82. The highest BCUT2D eigenvalue weighted by Gasteiger charge is 2.19. The van der Waals surface area contributed by atoms with Gasteiger partial charge in [0.25, 0.3) is 0 Å². The Bertz CT molecular complexity index is 196. The molecule has 0 aromatic rings. The van der Waals surface area contributed by atoms with Gasteiger partial charge in [0.05, 0.1) is 12.5 Å². The summed E-state index contributed by atoms with van der Waals surface area (Å²) in [6.45, 7) is 7.10. The predicted molar refractivity (Wildman–Crippen MR) is 50.2 cm³/mol. The summed E-state index contributed by atoms with van der Waals surface area (Å²) in [5.74, 6) is -0.660. The molecule has 1 unspecified atom stereocenters. The van der Waals surface area contributed by atoms with Crippen LogP contribution in [-0.2, 0) is 14.3 Å². The zero-order chi connectivity index (χ0) is 10.3. The third kappa shape index (κ3) is 5.17. The maximum Gasteiger partial charge on any atom is 0.309 e. The van der Waals surface area contributed by atoms with Crippen molar-refractivity contribution in [3.05, 3.63) is 12.7 Å². The van der Waals surface area contributed by atoms with Crippen molar-refractivity contribution in [2.24, 2.45) is 5.92 Å². The lowest BCUT2D eigenvalue weighted by Gasteiger charge is -2.11. The highest BCUT2D eigenvalue weighted by molar-refractivity contribution is 5.82. The fraction of sp³-hybridized carbons (Fsp3) is 0.600. The van der Waals surface area contributed by atoms with Crippen molar-refractivity contribution in [2.75, 3.05) is 6.61 Å². The first-order valence-electron chi connectivity index (χ1n) is 4.38. The van der Waals surface area contributed by atoms with Crippen LogP contribution < -0.4 is 0 Å². The molecule has 13 heavy (non-hydrogen) atoms. The molecule has 0 aliphatic heterocycles. The van der Waals surface area contributed by atoms with Gasteiger partial charge in [-0.3, -0.25) is 4.79 Å². The van der Waals surface area contributed by atoms with Crippen LogP contribution in [0.15, 0.2) is 12.7 Å². The van der Waals surface area contributed by atoms with E-state index < -0.39 is 0 Å². The molecule has 3 heteroatoms. The number of ketones is 1. The topological polar surface area (TPSA) is 43.4 Å². The average molecular weight is 184 g/mol. The zero-order valence-corrected chi connectivity index (χ0v) is 8.21. The summed E-state index contributed by atoms with van der Waals surface area (Å²) >= 11 is 0. The van der Waals surface area contributed by atoms with Gasteiger partial charge in [0.2, 0.25) is 0 Å². The average Bonchev–Trinajstić information content (AvgIpc) is 2.03. The smallest absolute Gasteiger partial charge is 0.309 e. The van der Waals surface area contributed by atoms with Crippen LogP contribution in [-0.4, -0.2) is 18.4 Å². The predicted octanol–water partition coefficient (Wildman–Crippen LogP) is 1.72. The Morgan fingerprint density at radius 1 is 1.54 bits per heavy atom. The summed E-state index contributed by atoms with van der Waals surface area (Å²) in [4.78, 5) is 22.0. The second-order valence-corrected chi connectivity index (χ2v) is 2.88. The van der Waals surface area contributed by atoms with Crippen LogP contribution in [0.25, 0.3) is 0 Å². The molecule has 0 fully saturated rings. The molecule has 74 valence electrons. The Morgan fingerprint density at radius 2 is 2.15 bits per heavy atom. The standard InChI is InChI=1S/C10H16O3/c1-4-6-9(7-8(3)11)10(12)13-5-2/h4,9H,1,5-7H2,2-3H3. The van der Waals surface area contributed by atoms with E-state index in [1.54, 1.807) is 13.0 Å². The Kier molecular flexibility index (Phi) is 5.85. The molecule has 0 spiro atoms. The van der Waals surface area contributed by atoms with E-state index >= 15 is 0 Å². The van der Waals surface area contributed by atoms with Crippen LogP contribution in [0.3, 0.4) is 0 Å². The number of rotatable bonds is 6. The van der Waals surface area contributed by atoms with Gasteiger partial charge in [-0.1, -0.05) is 6.08 Å². The van der Waals surface area contributed by atoms with Crippen LogP contribution in [0.5, 0.6) is 0 Å². The molecule has 0 aromatic carbocycles. The van der Waals surface area contributed by atoms with E-state index in [4.69, 9.17) is 4.74 Å². The van der Waals surface area contributed by atoms with Crippen molar-refractivity contribution in [3.63, 3.8) is 0 Å². The molecule has 0 bridgehead atoms.